The Hall–Kier alpha value is -1.09. The van der Waals surface area contributed by atoms with Gasteiger partial charge in [-0.05, 0) is 30.5 Å². The first kappa shape index (κ1) is 22.6. The van der Waals surface area contributed by atoms with Crippen molar-refractivity contribution in [3.05, 3.63) is 60.7 Å². The molecule has 0 aliphatic heterocycles. The Morgan fingerprint density at radius 2 is 2.03 bits per heavy atom. The van der Waals surface area contributed by atoms with Crippen LogP contribution in [0.2, 0.25) is 15.1 Å². The van der Waals surface area contributed by atoms with Gasteiger partial charge in [-0.3, -0.25) is 4.79 Å². The maximum Gasteiger partial charge on any atom is 0.263 e. The molecule has 2 atom stereocenters. The number of thiophene rings is 1. The van der Waals surface area contributed by atoms with Crippen molar-refractivity contribution in [1.82, 2.24) is 5.32 Å². The molecule has 1 aromatic heterocycles. The highest BCUT2D eigenvalue weighted by atomic mass is 35.5. The smallest absolute Gasteiger partial charge is 0.263 e. The van der Waals surface area contributed by atoms with Crippen molar-refractivity contribution in [1.29, 1.82) is 0 Å². The molecule has 0 unspecified atom stereocenters. The number of hydrogen-bond acceptors (Lipinski definition) is 5. The summed E-state index contributed by atoms with van der Waals surface area (Å²) in [5, 5.41) is 5.30. The molecular weight excluding hydrogens is 475 g/mol. The molecule has 2 aromatic rings. The maximum atomic E-state index is 12.4. The van der Waals surface area contributed by atoms with Crippen LogP contribution in [0, 0.1) is 0 Å². The van der Waals surface area contributed by atoms with E-state index < -0.39 is 15.7 Å². The third-order valence-electron chi connectivity index (χ3n) is 4.82. The van der Waals surface area contributed by atoms with Crippen LogP contribution in [-0.2, 0) is 9.84 Å². The van der Waals surface area contributed by atoms with Crippen molar-refractivity contribution < 1.29 is 13.2 Å². The van der Waals surface area contributed by atoms with Crippen molar-refractivity contribution in [2.75, 3.05) is 12.8 Å². The molecule has 10 heteroatoms. The molecule has 0 saturated carbocycles. The fourth-order valence-electron chi connectivity index (χ4n) is 3.31. The fraction of sp³-hybridized carbons (Fsp3) is 0.316. The zero-order chi connectivity index (χ0) is 21.3. The van der Waals surface area contributed by atoms with E-state index in [0.29, 0.717) is 29.4 Å². The monoisotopic (exact) mass is 492 g/mol. The number of nitrogens with one attached hydrogen (secondary N) is 1. The van der Waals surface area contributed by atoms with E-state index in [4.69, 9.17) is 40.5 Å². The summed E-state index contributed by atoms with van der Waals surface area (Å²) in [6.07, 6.45) is 4.42. The van der Waals surface area contributed by atoms with Gasteiger partial charge in [0.25, 0.3) is 5.91 Å². The first-order chi connectivity index (χ1) is 13.6. The molecule has 0 radical (unpaired) electrons. The van der Waals surface area contributed by atoms with Crippen LogP contribution in [-0.4, -0.2) is 33.2 Å². The average Bonchev–Trinajstić information content (AvgIpc) is 3.02. The largest absolute Gasteiger partial charge is 0.348 e. The molecule has 5 nitrogen and oxygen atoms in total. The van der Waals surface area contributed by atoms with Crippen molar-refractivity contribution >= 4 is 61.9 Å². The summed E-state index contributed by atoms with van der Waals surface area (Å²) in [6, 6.07) is 5.26. The third-order valence-corrected chi connectivity index (χ3v) is 8.25. The summed E-state index contributed by atoms with van der Waals surface area (Å²) in [5.41, 5.74) is 8.33. The Bertz CT molecular complexity index is 1080. The zero-order valence-electron chi connectivity index (χ0n) is 15.4. The van der Waals surface area contributed by atoms with Gasteiger partial charge in [-0.2, -0.15) is 0 Å². The van der Waals surface area contributed by atoms with Gasteiger partial charge in [0.1, 0.15) is 4.88 Å². The zero-order valence-corrected chi connectivity index (χ0v) is 19.3. The van der Waals surface area contributed by atoms with Crippen LogP contribution in [0.1, 0.15) is 34.0 Å². The van der Waals surface area contributed by atoms with Gasteiger partial charge in [0, 0.05) is 40.2 Å². The van der Waals surface area contributed by atoms with E-state index >= 15 is 0 Å². The lowest BCUT2D eigenvalue weighted by Gasteiger charge is -2.29. The Kier molecular flexibility index (Phi) is 6.98. The summed E-state index contributed by atoms with van der Waals surface area (Å²) < 4.78 is 23.3. The van der Waals surface area contributed by atoms with Gasteiger partial charge in [-0.1, -0.05) is 52.5 Å². The Morgan fingerprint density at radius 3 is 2.62 bits per heavy atom. The van der Waals surface area contributed by atoms with Gasteiger partial charge >= 0.3 is 0 Å². The molecule has 0 fully saturated rings. The number of carbonyl (C=O) groups is 1. The van der Waals surface area contributed by atoms with Crippen LogP contribution in [0.3, 0.4) is 0 Å². The third kappa shape index (κ3) is 5.16. The van der Waals surface area contributed by atoms with Gasteiger partial charge in [0.2, 0.25) is 0 Å². The molecule has 29 heavy (non-hydrogen) atoms. The highest BCUT2D eigenvalue weighted by Gasteiger charge is 2.27. The van der Waals surface area contributed by atoms with Crippen LogP contribution in [0.4, 0.5) is 0 Å². The molecule has 1 aromatic carbocycles. The predicted octanol–water partition coefficient (Wildman–Crippen LogP) is 4.67. The van der Waals surface area contributed by atoms with Gasteiger partial charge < -0.3 is 11.1 Å². The molecule has 1 heterocycles. The highest BCUT2D eigenvalue weighted by Crippen LogP contribution is 2.36. The molecule has 0 saturated heterocycles. The van der Waals surface area contributed by atoms with E-state index in [-0.39, 0.29) is 26.8 Å². The summed E-state index contributed by atoms with van der Waals surface area (Å²) in [6.45, 7) is 0.316. The summed E-state index contributed by atoms with van der Waals surface area (Å²) >= 11 is 19.4. The number of benzene rings is 1. The lowest BCUT2D eigenvalue weighted by Crippen LogP contribution is -2.34. The summed E-state index contributed by atoms with van der Waals surface area (Å²) in [4.78, 5) is 12.6. The second-order valence-electron chi connectivity index (χ2n) is 6.94. The lowest BCUT2D eigenvalue weighted by molar-refractivity contribution is 0.0960. The minimum absolute atomic E-state index is 0.0316. The van der Waals surface area contributed by atoms with Crippen molar-refractivity contribution in [2.24, 2.45) is 5.73 Å². The first-order valence-electron chi connectivity index (χ1n) is 8.71. The molecular formula is C19H19Cl3N2O3S2. The van der Waals surface area contributed by atoms with E-state index in [1.165, 1.54) is 5.38 Å². The minimum Gasteiger partial charge on any atom is -0.348 e. The van der Waals surface area contributed by atoms with Gasteiger partial charge in [0.05, 0.1) is 9.92 Å². The van der Waals surface area contributed by atoms with E-state index in [2.05, 4.69) is 11.4 Å². The number of carbonyl (C=O) groups excluding carboxylic acids is 1. The molecule has 0 bridgehead atoms. The van der Waals surface area contributed by atoms with Crippen LogP contribution in [0.5, 0.6) is 0 Å². The Balaban J connectivity index is 1.66. The number of sulfone groups is 1. The average molecular weight is 494 g/mol. The van der Waals surface area contributed by atoms with E-state index in [1.54, 1.807) is 12.1 Å². The van der Waals surface area contributed by atoms with Gasteiger partial charge in [-0.15, -0.1) is 11.3 Å². The lowest BCUT2D eigenvalue weighted by atomic mass is 9.81. The topological polar surface area (TPSA) is 89.3 Å². The van der Waals surface area contributed by atoms with Crippen LogP contribution >= 0.6 is 46.1 Å². The van der Waals surface area contributed by atoms with Gasteiger partial charge in [-0.25, -0.2) is 8.42 Å². The van der Waals surface area contributed by atoms with Crippen molar-refractivity contribution in [3.8, 4) is 0 Å². The number of allylic oxidation sites excluding steroid dienone is 1. The number of halogens is 3. The standard InChI is InChI=1S/C19H19Cl3N2O3S2/c1-29(26,27)16-9-28-18(17(16)22)19(25)24-8-10-2-4-13(15(23)6-10)12-5-3-11(20)7-14(12)21/h2-3,5,7,9,13,15H,4,6,8,23H2,1H3,(H,24,25)/t13-,15+/m0/s1. The SMILES string of the molecule is CS(=O)(=O)c1csc(C(=O)NCC2=CC[C@@H](c3ccc(Cl)cc3Cl)[C@H](N)C2)c1Cl. The van der Waals surface area contributed by atoms with Gasteiger partial charge in [0.15, 0.2) is 9.84 Å². The Labute approximate surface area is 188 Å². The number of hydrogen-bond donors (Lipinski definition) is 2. The minimum atomic E-state index is -3.48. The fourth-order valence-corrected chi connectivity index (χ4v) is 6.69. The summed E-state index contributed by atoms with van der Waals surface area (Å²) in [5.74, 6) is -0.337. The first-order valence-corrected chi connectivity index (χ1v) is 12.6. The second kappa shape index (κ2) is 8.96. The number of rotatable bonds is 5. The molecule has 0 spiro atoms. The van der Waals surface area contributed by atoms with E-state index in [1.807, 2.05) is 6.07 Å². The van der Waals surface area contributed by atoms with Crippen LogP contribution < -0.4 is 11.1 Å². The second-order valence-corrected chi connectivity index (χ2v) is 11.0. The number of amides is 1. The van der Waals surface area contributed by atoms with Crippen LogP contribution in [0.25, 0.3) is 0 Å². The predicted molar refractivity (Wildman–Crippen MR) is 119 cm³/mol. The molecule has 1 aliphatic carbocycles. The molecule has 1 amide bonds. The maximum absolute atomic E-state index is 12.4. The van der Waals surface area contributed by atoms with E-state index in [9.17, 15) is 13.2 Å². The number of nitrogens with two attached hydrogens (primary N) is 1. The summed E-state index contributed by atoms with van der Waals surface area (Å²) in [7, 11) is -3.48. The van der Waals surface area contributed by atoms with Crippen molar-refractivity contribution in [2.45, 2.75) is 29.7 Å². The molecule has 156 valence electrons. The van der Waals surface area contributed by atoms with Crippen molar-refractivity contribution in [3.63, 3.8) is 0 Å². The highest BCUT2D eigenvalue weighted by molar-refractivity contribution is 7.91. The normalized spacial score (nSPS) is 19.7. The quantitative estimate of drug-likeness (QED) is 0.592. The Morgan fingerprint density at radius 1 is 1.31 bits per heavy atom. The molecule has 3 rings (SSSR count). The van der Waals surface area contributed by atoms with E-state index in [0.717, 1.165) is 28.7 Å². The molecule has 1 aliphatic rings. The van der Waals surface area contributed by atoms with Crippen LogP contribution in [0.15, 0.2) is 40.1 Å². The molecule has 3 N–H and O–H groups in total.